The standard InChI is InChI=1S/C22H18BrNO3S2/c1-4-27-21(26)16-15-11-12(2)9-10-24(15)18-17(16)20(29-22(18)28-3)19(25)13-5-7-14(23)8-6-13/h5-11H,4H2,1-3H3. The first-order chi connectivity index (χ1) is 14.0. The van der Waals surface area contributed by atoms with Crippen molar-refractivity contribution in [2.75, 3.05) is 12.9 Å². The number of esters is 1. The molecule has 0 saturated heterocycles. The van der Waals surface area contributed by atoms with E-state index in [-0.39, 0.29) is 12.4 Å². The molecular weight excluding hydrogens is 470 g/mol. The molecular formula is C22H18BrNO3S2. The van der Waals surface area contributed by atoms with Gasteiger partial charge in [-0.3, -0.25) is 4.79 Å². The average molecular weight is 488 g/mol. The molecule has 4 rings (SSSR count). The molecule has 3 aromatic heterocycles. The summed E-state index contributed by atoms with van der Waals surface area (Å²) in [4.78, 5) is 26.9. The minimum atomic E-state index is -0.402. The zero-order valence-corrected chi connectivity index (χ0v) is 19.3. The lowest BCUT2D eigenvalue weighted by Crippen LogP contribution is -2.06. The van der Waals surface area contributed by atoms with Gasteiger partial charge in [-0.15, -0.1) is 23.1 Å². The van der Waals surface area contributed by atoms with E-state index in [2.05, 4.69) is 15.9 Å². The number of thioether (sulfide) groups is 1. The number of fused-ring (bicyclic) bond motifs is 3. The van der Waals surface area contributed by atoms with Gasteiger partial charge in [0.15, 0.2) is 0 Å². The first-order valence-electron chi connectivity index (χ1n) is 9.04. The molecule has 0 N–H and O–H groups in total. The van der Waals surface area contributed by atoms with Gasteiger partial charge in [-0.1, -0.05) is 15.9 Å². The van der Waals surface area contributed by atoms with E-state index in [0.717, 1.165) is 25.3 Å². The monoisotopic (exact) mass is 487 g/mol. The Bertz CT molecular complexity index is 1260. The number of carbonyl (C=O) groups excluding carboxylic acids is 2. The van der Waals surface area contributed by atoms with Crippen molar-refractivity contribution in [1.82, 2.24) is 4.40 Å². The van der Waals surface area contributed by atoms with Crippen molar-refractivity contribution in [3.05, 3.63) is 68.6 Å². The zero-order valence-electron chi connectivity index (χ0n) is 16.1. The van der Waals surface area contributed by atoms with Crippen molar-refractivity contribution < 1.29 is 14.3 Å². The van der Waals surface area contributed by atoms with Gasteiger partial charge in [0.2, 0.25) is 5.78 Å². The topological polar surface area (TPSA) is 47.8 Å². The van der Waals surface area contributed by atoms with E-state index in [1.54, 1.807) is 30.8 Å². The van der Waals surface area contributed by atoms with Crippen LogP contribution in [0.2, 0.25) is 0 Å². The quantitative estimate of drug-likeness (QED) is 0.187. The van der Waals surface area contributed by atoms with E-state index < -0.39 is 5.97 Å². The van der Waals surface area contributed by atoms with Crippen LogP contribution in [0.1, 0.15) is 38.1 Å². The molecule has 1 aromatic carbocycles. The number of carbonyl (C=O) groups is 2. The van der Waals surface area contributed by atoms with Crippen LogP contribution in [0.15, 0.2) is 51.3 Å². The van der Waals surface area contributed by atoms with Crippen LogP contribution < -0.4 is 0 Å². The highest BCUT2D eigenvalue weighted by atomic mass is 79.9. The first kappa shape index (κ1) is 20.2. The Hall–Kier alpha value is -2.09. The van der Waals surface area contributed by atoms with Gasteiger partial charge in [0.05, 0.1) is 32.3 Å². The van der Waals surface area contributed by atoms with E-state index in [1.165, 1.54) is 11.3 Å². The molecule has 3 heterocycles. The summed E-state index contributed by atoms with van der Waals surface area (Å²) in [5.74, 6) is -0.494. The molecule has 0 bridgehead atoms. The van der Waals surface area contributed by atoms with Crippen LogP contribution in [-0.4, -0.2) is 29.0 Å². The largest absolute Gasteiger partial charge is 0.462 e. The molecule has 0 aliphatic heterocycles. The van der Waals surface area contributed by atoms with Gasteiger partial charge >= 0.3 is 5.97 Å². The highest BCUT2D eigenvalue weighted by molar-refractivity contribution is 9.10. The van der Waals surface area contributed by atoms with Crippen molar-refractivity contribution in [1.29, 1.82) is 0 Å². The highest BCUT2D eigenvalue weighted by Gasteiger charge is 2.29. The van der Waals surface area contributed by atoms with Crippen LogP contribution in [0.3, 0.4) is 0 Å². The molecule has 4 aromatic rings. The maximum absolute atomic E-state index is 13.4. The number of pyridine rings is 1. The van der Waals surface area contributed by atoms with Gasteiger partial charge in [-0.05, 0) is 62.1 Å². The number of thiophene rings is 1. The Morgan fingerprint density at radius 2 is 1.93 bits per heavy atom. The highest BCUT2D eigenvalue weighted by Crippen LogP contribution is 2.43. The molecule has 0 unspecified atom stereocenters. The van der Waals surface area contributed by atoms with Crippen molar-refractivity contribution in [3.63, 3.8) is 0 Å². The van der Waals surface area contributed by atoms with Gasteiger partial charge < -0.3 is 9.14 Å². The Morgan fingerprint density at radius 1 is 1.21 bits per heavy atom. The van der Waals surface area contributed by atoms with Crippen molar-refractivity contribution >= 4 is 67.2 Å². The number of halogens is 1. The molecule has 7 heteroatoms. The van der Waals surface area contributed by atoms with E-state index in [4.69, 9.17) is 4.74 Å². The van der Waals surface area contributed by atoms with E-state index >= 15 is 0 Å². The summed E-state index contributed by atoms with van der Waals surface area (Å²) in [5.41, 5.74) is 3.74. The number of benzene rings is 1. The smallest absolute Gasteiger partial charge is 0.341 e. The molecule has 0 aliphatic rings. The number of nitrogens with zero attached hydrogens (tertiary/aromatic N) is 1. The summed E-state index contributed by atoms with van der Waals surface area (Å²) >= 11 is 6.41. The lowest BCUT2D eigenvalue weighted by Gasteiger charge is -2.04. The summed E-state index contributed by atoms with van der Waals surface area (Å²) in [7, 11) is 0. The van der Waals surface area contributed by atoms with Gasteiger partial charge in [0, 0.05) is 21.6 Å². The van der Waals surface area contributed by atoms with Crippen LogP contribution in [0.5, 0.6) is 0 Å². The number of aryl methyl sites for hydroxylation is 1. The minimum Gasteiger partial charge on any atom is -0.462 e. The van der Waals surface area contributed by atoms with Crippen LogP contribution >= 0.6 is 39.0 Å². The van der Waals surface area contributed by atoms with Crippen molar-refractivity contribution in [2.45, 2.75) is 18.1 Å². The number of hydrogen-bond donors (Lipinski definition) is 0. The predicted molar refractivity (Wildman–Crippen MR) is 123 cm³/mol. The predicted octanol–water partition coefficient (Wildman–Crippen LogP) is 6.35. The number of rotatable bonds is 5. The van der Waals surface area contributed by atoms with E-state index in [9.17, 15) is 9.59 Å². The fourth-order valence-electron chi connectivity index (χ4n) is 3.41. The molecule has 0 aliphatic carbocycles. The maximum Gasteiger partial charge on any atom is 0.341 e. The second kappa shape index (κ2) is 7.97. The molecule has 0 saturated carbocycles. The fraction of sp³-hybridized carbons (Fsp3) is 0.182. The second-order valence-corrected chi connectivity index (χ2v) is 9.55. The number of ether oxygens (including phenoxy) is 1. The number of hydrogen-bond acceptors (Lipinski definition) is 5. The maximum atomic E-state index is 13.4. The van der Waals surface area contributed by atoms with E-state index in [0.29, 0.717) is 21.4 Å². The fourth-order valence-corrected chi connectivity index (χ4v) is 5.65. The average Bonchev–Trinajstić information content (AvgIpc) is 3.23. The first-order valence-corrected chi connectivity index (χ1v) is 11.9. The van der Waals surface area contributed by atoms with Gasteiger partial charge in [0.1, 0.15) is 0 Å². The lowest BCUT2D eigenvalue weighted by molar-refractivity contribution is 0.0531. The minimum absolute atomic E-state index is 0.0917. The molecule has 148 valence electrons. The van der Waals surface area contributed by atoms with Gasteiger partial charge in [-0.2, -0.15) is 0 Å². The van der Waals surface area contributed by atoms with Crippen LogP contribution in [-0.2, 0) is 4.74 Å². The summed E-state index contributed by atoms with van der Waals surface area (Å²) in [5, 5.41) is 0.677. The molecule has 0 spiro atoms. The van der Waals surface area contributed by atoms with Crippen molar-refractivity contribution in [2.24, 2.45) is 0 Å². The third-order valence-electron chi connectivity index (χ3n) is 4.69. The zero-order chi connectivity index (χ0) is 20.7. The van der Waals surface area contributed by atoms with E-state index in [1.807, 2.05) is 48.0 Å². The Morgan fingerprint density at radius 3 is 2.59 bits per heavy atom. The summed E-state index contributed by atoms with van der Waals surface area (Å²) in [6, 6.07) is 11.2. The molecule has 0 atom stereocenters. The number of ketones is 1. The Labute approximate surface area is 185 Å². The van der Waals surface area contributed by atoms with Gasteiger partial charge in [0.25, 0.3) is 0 Å². The third-order valence-corrected chi connectivity index (χ3v) is 7.50. The summed E-state index contributed by atoms with van der Waals surface area (Å²) in [6.07, 6.45) is 3.94. The Balaban J connectivity index is 2.08. The normalized spacial score (nSPS) is 11.3. The molecule has 4 nitrogen and oxygen atoms in total. The van der Waals surface area contributed by atoms with Crippen molar-refractivity contribution in [3.8, 4) is 0 Å². The van der Waals surface area contributed by atoms with Gasteiger partial charge in [-0.25, -0.2) is 4.79 Å². The molecule has 0 fully saturated rings. The van der Waals surface area contributed by atoms with Crippen LogP contribution in [0.4, 0.5) is 0 Å². The Kier molecular flexibility index (Phi) is 5.55. The summed E-state index contributed by atoms with van der Waals surface area (Å²) in [6.45, 7) is 4.05. The lowest BCUT2D eigenvalue weighted by atomic mass is 10.1. The SMILES string of the molecule is CCOC(=O)c1c2c(C(=O)c3ccc(Br)cc3)sc(SC)c2n2ccc(C)cc12. The number of aromatic nitrogens is 1. The molecule has 0 amide bonds. The molecule has 29 heavy (non-hydrogen) atoms. The van der Waals surface area contributed by atoms with Crippen LogP contribution in [0, 0.1) is 6.92 Å². The van der Waals surface area contributed by atoms with Crippen LogP contribution in [0.25, 0.3) is 16.4 Å². The molecule has 0 radical (unpaired) electrons. The second-order valence-electron chi connectivity index (χ2n) is 6.54. The summed E-state index contributed by atoms with van der Waals surface area (Å²) < 4.78 is 9.27. The third kappa shape index (κ3) is 3.41.